The number of carbonyl (C=O) groups is 2. The van der Waals surface area contributed by atoms with E-state index in [1.165, 1.54) is 0 Å². The van der Waals surface area contributed by atoms with Crippen LogP contribution in [0.1, 0.15) is 20.7 Å². The molecule has 1 aliphatic heterocycles. The number of piperazine rings is 1. The Hall–Kier alpha value is -2.66. The van der Waals surface area contributed by atoms with Crippen LogP contribution in [-0.2, 0) is 0 Å². The summed E-state index contributed by atoms with van der Waals surface area (Å²) in [7, 11) is 0. The molecule has 3 aromatic carbocycles. The zero-order valence-electron chi connectivity index (χ0n) is 14.8. The molecule has 0 bridgehead atoms. The highest BCUT2D eigenvalue weighted by Crippen LogP contribution is 2.20. The van der Waals surface area contributed by atoms with Crippen molar-refractivity contribution in [2.24, 2.45) is 0 Å². The molecule has 0 spiro atoms. The minimum absolute atomic E-state index is 0.000258. The highest BCUT2D eigenvalue weighted by molar-refractivity contribution is 9.10. The van der Waals surface area contributed by atoms with Crippen LogP contribution in [0.3, 0.4) is 0 Å². The number of benzene rings is 3. The lowest BCUT2D eigenvalue weighted by atomic mass is 10.1. The molecule has 2 amide bonds. The van der Waals surface area contributed by atoms with E-state index in [2.05, 4.69) is 15.9 Å². The van der Waals surface area contributed by atoms with Gasteiger partial charge in [0.25, 0.3) is 11.8 Å². The van der Waals surface area contributed by atoms with Gasteiger partial charge in [0, 0.05) is 36.2 Å². The van der Waals surface area contributed by atoms with Gasteiger partial charge in [-0.3, -0.25) is 9.59 Å². The zero-order chi connectivity index (χ0) is 18.8. The van der Waals surface area contributed by atoms with Crippen LogP contribution in [0.2, 0.25) is 0 Å². The molecule has 4 nitrogen and oxygen atoms in total. The third kappa shape index (κ3) is 3.60. The van der Waals surface area contributed by atoms with Gasteiger partial charge in [0.05, 0.1) is 5.56 Å². The number of amides is 2. The van der Waals surface area contributed by atoms with Gasteiger partial charge >= 0.3 is 0 Å². The Kier molecular flexibility index (Phi) is 4.94. The van der Waals surface area contributed by atoms with Crippen LogP contribution < -0.4 is 0 Å². The predicted molar refractivity (Wildman–Crippen MR) is 110 cm³/mol. The summed E-state index contributed by atoms with van der Waals surface area (Å²) in [5, 5.41) is 2.18. The fourth-order valence-corrected chi connectivity index (χ4v) is 3.88. The molecule has 0 saturated carbocycles. The smallest absolute Gasteiger partial charge is 0.255 e. The molecule has 1 heterocycles. The van der Waals surface area contributed by atoms with Crippen molar-refractivity contribution in [2.75, 3.05) is 26.2 Å². The summed E-state index contributed by atoms with van der Waals surface area (Å²) >= 11 is 3.44. The molecule has 0 unspecified atom stereocenters. The first-order valence-corrected chi connectivity index (χ1v) is 9.75. The van der Waals surface area contributed by atoms with Gasteiger partial charge in [-0.2, -0.15) is 0 Å². The van der Waals surface area contributed by atoms with Crippen molar-refractivity contribution >= 4 is 38.5 Å². The van der Waals surface area contributed by atoms with E-state index in [9.17, 15) is 9.59 Å². The molecule has 0 N–H and O–H groups in total. The van der Waals surface area contributed by atoms with Crippen molar-refractivity contribution in [1.29, 1.82) is 0 Å². The minimum Gasteiger partial charge on any atom is -0.335 e. The van der Waals surface area contributed by atoms with Gasteiger partial charge in [-0.25, -0.2) is 0 Å². The van der Waals surface area contributed by atoms with Crippen LogP contribution >= 0.6 is 15.9 Å². The molecular formula is C22H19BrN2O2. The lowest BCUT2D eigenvalue weighted by Gasteiger charge is -2.35. The number of hydrogen-bond acceptors (Lipinski definition) is 2. The summed E-state index contributed by atoms with van der Waals surface area (Å²) in [6, 6.07) is 21.3. The molecule has 4 rings (SSSR count). The highest BCUT2D eigenvalue weighted by atomic mass is 79.9. The first-order chi connectivity index (χ1) is 13.1. The van der Waals surface area contributed by atoms with E-state index in [1.54, 1.807) is 0 Å². The van der Waals surface area contributed by atoms with Gasteiger partial charge < -0.3 is 9.80 Å². The lowest BCUT2D eigenvalue weighted by molar-refractivity contribution is 0.0535. The zero-order valence-corrected chi connectivity index (χ0v) is 16.4. The average Bonchev–Trinajstić information content (AvgIpc) is 2.73. The van der Waals surface area contributed by atoms with Crippen LogP contribution in [0, 0.1) is 0 Å². The van der Waals surface area contributed by atoms with E-state index in [0.29, 0.717) is 37.3 Å². The summed E-state index contributed by atoms with van der Waals surface area (Å²) in [6.07, 6.45) is 0. The maximum atomic E-state index is 12.9. The van der Waals surface area contributed by atoms with Crippen LogP contribution in [0.25, 0.3) is 10.8 Å². The molecule has 3 aromatic rings. The molecule has 136 valence electrons. The number of nitrogens with zero attached hydrogens (tertiary/aromatic N) is 2. The second-order valence-electron chi connectivity index (χ2n) is 6.63. The van der Waals surface area contributed by atoms with Gasteiger partial charge in [0.1, 0.15) is 0 Å². The van der Waals surface area contributed by atoms with Crippen molar-refractivity contribution < 1.29 is 9.59 Å². The number of carbonyl (C=O) groups excluding carboxylic acids is 2. The number of rotatable bonds is 2. The van der Waals surface area contributed by atoms with E-state index in [4.69, 9.17) is 0 Å². The van der Waals surface area contributed by atoms with Crippen LogP contribution in [0.4, 0.5) is 0 Å². The van der Waals surface area contributed by atoms with Crippen molar-refractivity contribution in [3.8, 4) is 0 Å². The third-order valence-electron chi connectivity index (χ3n) is 4.95. The first-order valence-electron chi connectivity index (χ1n) is 8.95. The SMILES string of the molecule is O=C(c1ccc2ccccc2c1)N1CCN(C(=O)c2ccccc2Br)CC1. The van der Waals surface area contributed by atoms with E-state index in [1.807, 2.05) is 76.5 Å². The van der Waals surface area contributed by atoms with Gasteiger partial charge in [-0.05, 0) is 51.0 Å². The molecule has 1 fully saturated rings. The summed E-state index contributed by atoms with van der Waals surface area (Å²) in [4.78, 5) is 29.2. The largest absolute Gasteiger partial charge is 0.335 e. The van der Waals surface area contributed by atoms with E-state index < -0.39 is 0 Å². The number of fused-ring (bicyclic) bond motifs is 1. The van der Waals surface area contributed by atoms with Gasteiger partial charge in [0.2, 0.25) is 0 Å². The van der Waals surface area contributed by atoms with Crippen molar-refractivity contribution in [2.45, 2.75) is 0 Å². The Labute approximate surface area is 166 Å². The molecule has 5 heteroatoms. The Bertz CT molecular complexity index is 1010. The van der Waals surface area contributed by atoms with Crippen molar-refractivity contribution in [3.63, 3.8) is 0 Å². The number of hydrogen-bond donors (Lipinski definition) is 0. The van der Waals surface area contributed by atoms with Crippen LogP contribution in [0.5, 0.6) is 0 Å². The standard InChI is InChI=1S/C22H19BrN2O2/c23-20-8-4-3-7-19(20)22(27)25-13-11-24(12-14-25)21(26)18-10-9-16-5-1-2-6-17(16)15-18/h1-10,15H,11-14H2. The summed E-state index contributed by atoms with van der Waals surface area (Å²) in [5.74, 6) is 0.0222. The second-order valence-corrected chi connectivity index (χ2v) is 7.48. The van der Waals surface area contributed by atoms with Crippen LogP contribution in [-0.4, -0.2) is 47.8 Å². The highest BCUT2D eigenvalue weighted by Gasteiger charge is 2.26. The number of halogens is 1. The molecule has 0 aliphatic carbocycles. The normalized spacial score (nSPS) is 14.4. The summed E-state index contributed by atoms with van der Waals surface area (Å²) in [6.45, 7) is 2.17. The van der Waals surface area contributed by atoms with Gasteiger partial charge in [-0.1, -0.05) is 42.5 Å². The van der Waals surface area contributed by atoms with E-state index in [-0.39, 0.29) is 11.8 Å². The third-order valence-corrected chi connectivity index (χ3v) is 5.65. The maximum absolute atomic E-state index is 12.9. The quantitative estimate of drug-likeness (QED) is 0.620. The average molecular weight is 423 g/mol. The Morgan fingerprint density at radius 1 is 0.704 bits per heavy atom. The van der Waals surface area contributed by atoms with E-state index in [0.717, 1.165) is 15.2 Å². The Balaban J connectivity index is 1.44. The molecule has 27 heavy (non-hydrogen) atoms. The minimum atomic E-state index is 0.000258. The van der Waals surface area contributed by atoms with Gasteiger partial charge in [-0.15, -0.1) is 0 Å². The topological polar surface area (TPSA) is 40.6 Å². The fourth-order valence-electron chi connectivity index (χ4n) is 3.42. The Morgan fingerprint density at radius 2 is 1.30 bits per heavy atom. The summed E-state index contributed by atoms with van der Waals surface area (Å²) in [5.41, 5.74) is 1.35. The fraction of sp³-hybridized carbons (Fsp3) is 0.182. The molecule has 1 saturated heterocycles. The first kappa shape index (κ1) is 17.7. The second kappa shape index (κ2) is 7.53. The molecule has 1 aliphatic rings. The van der Waals surface area contributed by atoms with Crippen LogP contribution in [0.15, 0.2) is 71.2 Å². The lowest BCUT2D eigenvalue weighted by Crippen LogP contribution is -2.50. The van der Waals surface area contributed by atoms with Crippen molar-refractivity contribution in [3.05, 3.63) is 82.3 Å². The molecule has 0 radical (unpaired) electrons. The summed E-state index contributed by atoms with van der Waals surface area (Å²) < 4.78 is 0.796. The van der Waals surface area contributed by atoms with Gasteiger partial charge in [0.15, 0.2) is 0 Å². The predicted octanol–water partition coefficient (Wildman–Crippen LogP) is 4.20. The van der Waals surface area contributed by atoms with Crippen molar-refractivity contribution in [1.82, 2.24) is 9.80 Å². The maximum Gasteiger partial charge on any atom is 0.255 e. The monoisotopic (exact) mass is 422 g/mol. The van der Waals surface area contributed by atoms with E-state index >= 15 is 0 Å². The molecule has 0 atom stereocenters. The molecular weight excluding hydrogens is 404 g/mol. The molecule has 0 aromatic heterocycles. The Morgan fingerprint density at radius 3 is 2.00 bits per heavy atom.